The number of rotatable bonds is 5. The van der Waals surface area contributed by atoms with Crippen LogP contribution in [-0.2, 0) is 10.0 Å². The van der Waals surface area contributed by atoms with Crippen molar-refractivity contribution in [3.8, 4) is 0 Å². The molecule has 3 aromatic carbocycles. The van der Waals surface area contributed by atoms with Crippen molar-refractivity contribution in [2.45, 2.75) is 4.90 Å². The smallest absolute Gasteiger partial charge is 0.270 e. The van der Waals surface area contributed by atoms with Crippen LogP contribution in [0.1, 0.15) is 10.4 Å². The molecule has 0 saturated heterocycles. The van der Waals surface area contributed by atoms with Crippen molar-refractivity contribution >= 4 is 33.0 Å². The quantitative estimate of drug-likeness (QED) is 0.655. The van der Waals surface area contributed by atoms with Gasteiger partial charge in [-0.25, -0.2) is 12.7 Å². The summed E-state index contributed by atoms with van der Waals surface area (Å²) in [5.74, 6) is -0.531. The van der Waals surface area contributed by atoms with E-state index in [0.29, 0.717) is 11.4 Å². The summed E-state index contributed by atoms with van der Waals surface area (Å²) in [7, 11) is -3.83. The Morgan fingerprint density at radius 3 is 2.07 bits per heavy atom. The predicted octanol–water partition coefficient (Wildman–Crippen LogP) is 4.32. The second kappa shape index (κ2) is 7.24. The first kappa shape index (κ1) is 17.9. The zero-order valence-electron chi connectivity index (χ0n) is 14.7. The maximum Gasteiger partial charge on any atom is 0.270 e. The molecule has 0 spiro atoms. The molecule has 0 bridgehead atoms. The summed E-state index contributed by atoms with van der Waals surface area (Å²) >= 11 is 0. The zero-order chi connectivity index (χ0) is 19.6. The van der Waals surface area contributed by atoms with E-state index < -0.39 is 15.9 Å². The molecule has 0 unspecified atom stereocenters. The van der Waals surface area contributed by atoms with E-state index in [0.717, 1.165) is 9.99 Å². The molecule has 1 aliphatic rings. The number of carbonyl (C=O) groups is 1. The lowest BCUT2D eigenvalue weighted by molar-refractivity contribution is 0.0877. The van der Waals surface area contributed by atoms with Crippen molar-refractivity contribution in [2.75, 3.05) is 12.0 Å². The van der Waals surface area contributed by atoms with Gasteiger partial charge in [0.05, 0.1) is 16.9 Å². The van der Waals surface area contributed by atoms with E-state index in [1.54, 1.807) is 36.4 Å². The van der Waals surface area contributed by atoms with Crippen LogP contribution in [0, 0.1) is 0 Å². The van der Waals surface area contributed by atoms with Crippen LogP contribution in [0.4, 0.5) is 17.1 Å². The molecule has 0 fully saturated rings. The van der Waals surface area contributed by atoms with Gasteiger partial charge in [-0.15, -0.1) is 0 Å². The molecule has 3 aromatic rings. The first-order chi connectivity index (χ1) is 13.6. The SMILES string of the molecule is O=C1c2ccccc2S(=O)(=O)N1CNc1ccc(N=Nc2ccccc2)cc1. The fourth-order valence-electron chi connectivity index (χ4n) is 2.81. The molecule has 0 radical (unpaired) electrons. The van der Waals surface area contributed by atoms with E-state index in [2.05, 4.69) is 15.5 Å². The Bertz CT molecular complexity index is 1140. The van der Waals surface area contributed by atoms with E-state index in [1.165, 1.54) is 12.1 Å². The molecule has 8 heteroatoms. The second-order valence-electron chi connectivity index (χ2n) is 6.07. The third kappa shape index (κ3) is 3.37. The lowest BCUT2D eigenvalue weighted by atomic mass is 10.2. The van der Waals surface area contributed by atoms with Crippen molar-refractivity contribution in [2.24, 2.45) is 10.2 Å². The van der Waals surface area contributed by atoms with Gasteiger partial charge in [0, 0.05) is 5.69 Å². The molecule has 0 atom stereocenters. The molecule has 1 amide bonds. The van der Waals surface area contributed by atoms with Crippen LogP contribution < -0.4 is 5.32 Å². The molecule has 0 aliphatic carbocycles. The minimum Gasteiger partial charge on any atom is -0.367 e. The highest BCUT2D eigenvalue weighted by atomic mass is 32.2. The summed E-state index contributed by atoms with van der Waals surface area (Å²) < 4.78 is 25.9. The van der Waals surface area contributed by atoms with Gasteiger partial charge in [-0.3, -0.25) is 4.79 Å². The third-order valence-corrected chi connectivity index (χ3v) is 6.03. The topological polar surface area (TPSA) is 91.2 Å². The van der Waals surface area contributed by atoms with Gasteiger partial charge >= 0.3 is 0 Å². The Kier molecular flexibility index (Phi) is 4.62. The molecule has 0 saturated carbocycles. The average Bonchev–Trinajstić information content (AvgIpc) is 2.92. The number of anilines is 1. The first-order valence-corrected chi connectivity index (χ1v) is 9.96. The van der Waals surface area contributed by atoms with Crippen LogP contribution in [0.2, 0.25) is 0 Å². The van der Waals surface area contributed by atoms with Gasteiger partial charge in [0.1, 0.15) is 11.6 Å². The number of nitrogens with zero attached hydrogens (tertiary/aromatic N) is 3. The molecular weight excluding hydrogens is 376 g/mol. The number of azo groups is 1. The molecule has 28 heavy (non-hydrogen) atoms. The Hall–Kier alpha value is -3.52. The van der Waals surface area contributed by atoms with E-state index in [4.69, 9.17) is 0 Å². The minimum atomic E-state index is -3.83. The van der Waals surface area contributed by atoms with Gasteiger partial charge in [0.15, 0.2) is 0 Å². The van der Waals surface area contributed by atoms with Crippen LogP contribution in [0.25, 0.3) is 0 Å². The number of nitrogens with one attached hydrogen (secondary N) is 1. The largest absolute Gasteiger partial charge is 0.367 e. The Labute approximate surface area is 162 Å². The number of sulfonamides is 1. The summed E-state index contributed by atoms with van der Waals surface area (Å²) in [4.78, 5) is 12.4. The van der Waals surface area contributed by atoms with Crippen molar-refractivity contribution in [3.63, 3.8) is 0 Å². The molecule has 1 aliphatic heterocycles. The van der Waals surface area contributed by atoms with Crippen molar-refractivity contribution in [1.82, 2.24) is 4.31 Å². The highest BCUT2D eigenvalue weighted by molar-refractivity contribution is 7.90. The monoisotopic (exact) mass is 392 g/mol. The van der Waals surface area contributed by atoms with Gasteiger partial charge in [-0.05, 0) is 48.5 Å². The third-order valence-electron chi connectivity index (χ3n) is 4.24. The second-order valence-corrected chi connectivity index (χ2v) is 7.90. The highest BCUT2D eigenvalue weighted by Gasteiger charge is 2.40. The van der Waals surface area contributed by atoms with E-state index in [-0.39, 0.29) is 17.1 Å². The molecule has 7 nitrogen and oxygen atoms in total. The lowest BCUT2D eigenvalue weighted by Crippen LogP contribution is -2.34. The van der Waals surface area contributed by atoms with E-state index >= 15 is 0 Å². The van der Waals surface area contributed by atoms with Crippen LogP contribution in [-0.4, -0.2) is 25.3 Å². The van der Waals surface area contributed by atoms with Crippen LogP contribution in [0.15, 0.2) is 94.0 Å². The predicted molar refractivity (Wildman–Crippen MR) is 105 cm³/mol. The van der Waals surface area contributed by atoms with Crippen molar-refractivity contribution < 1.29 is 13.2 Å². The lowest BCUT2D eigenvalue weighted by Gasteiger charge is -2.16. The first-order valence-electron chi connectivity index (χ1n) is 8.52. The summed E-state index contributed by atoms with van der Waals surface area (Å²) in [5, 5.41) is 11.3. The van der Waals surface area contributed by atoms with Crippen LogP contribution in [0.5, 0.6) is 0 Å². The number of benzene rings is 3. The molecule has 1 N–H and O–H groups in total. The van der Waals surface area contributed by atoms with Crippen molar-refractivity contribution in [3.05, 3.63) is 84.4 Å². The normalized spacial score (nSPS) is 15.0. The highest BCUT2D eigenvalue weighted by Crippen LogP contribution is 2.29. The number of hydrogen-bond acceptors (Lipinski definition) is 6. The summed E-state index contributed by atoms with van der Waals surface area (Å²) in [5.41, 5.74) is 2.27. The number of hydrogen-bond donors (Lipinski definition) is 1. The molecule has 4 rings (SSSR count). The molecular formula is C20H16N4O3S. The van der Waals surface area contributed by atoms with E-state index in [1.807, 2.05) is 30.3 Å². The molecule has 140 valence electrons. The maximum atomic E-state index is 12.5. The fraction of sp³-hybridized carbons (Fsp3) is 0.0500. The van der Waals surface area contributed by atoms with Gasteiger partial charge < -0.3 is 5.32 Å². The fourth-order valence-corrected chi connectivity index (χ4v) is 4.28. The summed E-state index contributed by atoms with van der Waals surface area (Å²) in [6, 6.07) is 22.6. The Balaban J connectivity index is 1.43. The number of fused-ring (bicyclic) bond motifs is 1. The maximum absolute atomic E-state index is 12.5. The Morgan fingerprint density at radius 2 is 1.39 bits per heavy atom. The average molecular weight is 392 g/mol. The summed E-state index contributed by atoms with van der Waals surface area (Å²) in [6.45, 7) is -0.152. The van der Waals surface area contributed by atoms with Gasteiger partial charge in [-0.2, -0.15) is 10.2 Å². The number of carbonyl (C=O) groups excluding carboxylic acids is 1. The van der Waals surface area contributed by atoms with Gasteiger partial charge in [-0.1, -0.05) is 30.3 Å². The minimum absolute atomic E-state index is 0.0403. The van der Waals surface area contributed by atoms with Crippen molar-refractivity contribution in [1.29, 1.82) is 0 Å². The number of amides is 1. The Morgan fingerprint density at radius 1 is 0.786 bits per heavy atom. The molecule has 0 aromatic heterocycles. The van der Waals surface area contributed by atoms with Crippen LogP contribution in [0.3, 0.4) is 0 Å². The van der Waals surface area contributed by atoms with Gasteiger partial charge in [0.2, 0.25) is 0 Å². The van der Waals surface area contributed by atoms with Gasteiger partial charge in [0.25, 0.3) is 15.9 Å². The zero-order valence-corrected chi connectivity index (χ0v) is 15.5. The summed E-state index contributed by atoms with van der Waals surface area (Å²) in [6.07, 6.45) is 0. The van der Waals surface area contributed by atoms with E-state index in [9.17, 15) is 13.2 Å². The molecule has 1 heterocycles. The standard InChI is InChI=1S/C20H16N4O3S/c25-20-18-8-4-5-9-19(18)28(26,27)24(20)14-21-15-10-12-17(13-11-15)23-22-16-6-2-1-3-7-16/h1-13,21H,14H2. The van der Waals surface area contributed by atoms with Crippen LogP contribution >= 0.6 is 0 Å².